The number of hydrogen-bond acceptors (Lipinski definition) is 2. The fourth-order valence-corrected chi connectivity index (χ4v) is 2.67. The maximum Gasteiger partial charge on any atom is 0.392 e. The minimum atomic E-state index is -4.28. The van der Waals surface area contributed by atoms with Crippen molar-refractivity contribution in [3.8, 4) is 0 Å². The van der Waals surface area contributed by atoms with Crippen LogP contribution in [0.2, 0.25) is 0 Å². The molecule has 0 aromatic rings. The highest BCUT2D eigenvalue weighted by molar-refractivity contribution is 5.77. The molecule has 2 aliphatic heterocycles. The van der Waals surface area contributed by atoms with Gasteiger partial charge in [-0.15, -0.1) is 0 Å². The van der Waals surface area contributed by atoms with E-state index in [9.17, 15) is 18.0 Å². The average Bonchev–Trinajstić information content (AvgIpc) is 2.47. The van der Waals surface area contributed by atoms with Gasteiger partial charge in [-0.1, -0.05) is 6.92 Å². The summed E-state index contributed by atoms with van der Waals surface area (Å²) in [6.07, 6.45) is -2.88. The largest absolute Gasteiger partial charge is 0.392 e. The molecule has 0 saturated carbocycles. The third-order valence-corrected chi connectivity index (χ3v) is 3.71. The number of fused-ring (bicyclic) bond motifs is 2. The Kier molecular flexibility index (Phi) is 3.34. The molecule has 2 bridgehead atoms. The van der Waals surface area contributed by atoms with Gasteiger partial charge in [0.2, 0.25) is 5.91 Å². The van der Waals surface area contributed by atoms with Gasteiger partial charge in [-0.3, -0.25) is 4.79 Å². The first-order valence-corrected chi connectivity index (χ1v) is 5.98. The van der Waals surface area contributed by atoms with E-state index in [4.69, 9.17) is 0 Å². The van der Waals surface area contributed by atoms with Crippen molar-refractivity contribution in [3.63, 3.8) is 0 Å². The van der Waals surface area contributed by atoms with Crippen LogP contribution in [0, 0.1) is 5.92 Å². The highest BCUT2D eigenvalue weighted by atomic mass is 19.4. The van der Waals surface area contributed by atoms with Crippen molar-refractivity contribution in [1.82, 2.24) is 10.2 Å². The molecule has 2 heterocycles. The fourth-order valence-electron chi connectivity index (χ4n) is 2.67. The van der Waals surface area contributed by atoms with E-state index in [1.54, 1.807) is 4.90 Å². The smallest absolute Gasteiger partial charge is 0.334 e. The van der Waals surface area contributed by atoms with Gasteiger partial charge < -0.3 is 10.2 Å². The molecular weight excluding hydrogens is 233 g/mol. The van der Waals surface area contributed by atoms with Crippen molar-refractivity contribution in [2.45, 2.75) is 44.4 Å². The van der Waals surface area contributed by atoms with Crippen molar-refractivity contribution in [2.75, 3.05) is 13.1 Å². The summed E-state index contributed by atoms with van der Waals surface area (Å²) in [7, 11) is 0. The quantitative estimate of drug-likeness (QED) is 0.806. The van der Waals surface area contributed by atoms with Gasteiger partial charge in [-0.2, -0.15) is 13.2 Å². The SMILES string of the molecule is CC(CC(=O)N1C2CCC1CNC2)C(F)(F)F. The molecule has 3 nitrogen and oxygen atoms in total. The molecule has 0 aromatic carbocycles. The minimum Gasteiger partial charge on any atom is -0.334 e. The van der Waals surface area contributed by atoms with Crippen LogP contribution in [0.4, 0.5) is 13.2 Å². The second kappa shape index (κ2) is 4.48. The highest BCUT2D eigenvalue weighted by Gasteiger charge is 2.43. The van der Waals surface area contributed by atoms with Gasteiger partial charge in [0.15, 0.2) is 0 Å². The second-order valence-corrected chi connectivity index (χ2v) is 4.99. The maximum atomic E-state index is 12.4. The molecule has 0 aromatic heterocycles. The number of rotatable bonds is 2. The third-order valence-electron chi connectivity index (χ3n) is 3.71. The first-order valence-electron chi connectivity index (χ1n) is 5.98. The van der Waals surface area contributed by atoms with Gasteiger partial charge in [0.1, 0.15) is 0 Å². The van der Waals surface area contributed by atoms with E-state index in [-0.39, 0.29) is 18.0 Å². The topological polar surface area (TPSA) is 32.3 Å². The molecule has 2 saturated heterocycles. The lowest BCUT2D eigenvalue weighted by Gasteiger charge is -2.36. The summed E-state index contributed by atoms with van der Waals surface area (Å²) in [4.78, 5) is 13.6. The van der Waals surface area contributed by atoms with Gasteiger partial charge in [0.25, 0.3) is 0 Å². The van der Waals surface area contributed by atoms with Crippen molar-refractivity contribution in [2.24, 2.45) is 5.92 Å². The Labute approximate surface area is 98.3 Å². The zero-order valence-electron chi connectivity index (χ0n) is 9.76. The van der Waals surface area contributed by atoms with E-state index in [0.29, 0.717) is 13.1 Å². The predicted octanol–water partition coefficient (Wildman–Crippen LogP) is 1.54. The predicted molar refractivity (Wildman–Crippen MR) is 56.4 cm³/mol. The van der Waals surface area contributed by atoms with Gasteiger partial charge in [0, 0.05) is 31.6 Å². The van der Waals surface area contributed by atoms with Crippen LogP contribution in [0.1, 0.15) is 26.2 Å². The summed E-state index contributed by atoms with van der Waals surface area (Å²) >= 11 is 0. The van der Waals surface area contributed by atoms with Crippen molar-refractivity contribution in [3.05, 3.63) is 0 Å². The van der Waals surface area contributed by atoms with Crippen molar-refractivity contribution < 1.29 is 18.0 Å². The molecule has 1 amide bonds. The van der Waals surface area contributed by atoms with Crippen LogP contribution in [0.5, 0.6) is 0 Å². The van der Waals surface area contributed by atoms with Crippen LogP contribution in [0.3, 0.4) is 0 Å². The number of piperazine rings is 1. The van der Waals surface area contributed by atoms with Gasteiger partial charge in [-0.05, 0) is 12.8 Å². The lowest BCUT2D eigenvalue weighted by Crippen LogP contribution is -2.54. The summed E-state index contributed by atoms with van der Waals surface area (Å²) in [5, 5.41) is 3.20. The van der Waals surface area contributed by atoms with Crippen LogP contribution in [0.15, 0.2) is 0 Å². The first-order chi connectivity index (χ1) is 7.89. The molecule has 0 aliphatic carbocycles. The number of hydrogen-bond donors (Lipinski definition) is 1. The van der Waals surface area contributed by atoms with Crippen LogP contribution < -0.4 is 5.32 Å². The number of nitrogens with one attached hydrogen (secondary N) is 1. The zero-order valence-corrected chi connectivity index (χ0v) is 9.76. The number of halogens is 3. The van der Waals surface area contributed by atoms with E-state index in [1.165, 1.54) is 0 Å². The van der Waals surface area contributed by atoms with Gasteiger partial charge in [-0.25, -0.2) is 0 Å². The summed E-state index contributed by atoms with van der Waals surface area (Å²) in [5.74, 6) is -1.90. The average molecular weight is 250 g/mol. The Balaban J connectivity index is 1.97. The zero-order chi connectivity index (χ0) is 12.6. The Hall–Kier alpha value is -0.780. The molecule has 0 spiro atoms. The summed E-state index contributed by atoms with van der Waals surface area (Å²) < 4.78 is 37.2. The molecule has 2 aliphatic rings. The molecule has 98 valence electrons. The molecule has 2 fully saturated rings. The van der Waals surface area contributed by atoms with E-state index in [2.05, 4.69) is 5.32 Å². The first kappa shape index (κ1) is 12.7. The summed E-state index contributed by atoms with van der Waals surface area (Å²) in [6, 6.07) is 0.198. The van der Waals surface area contributed by atoms with Crippen LogP contribution in [-0.2, 0) is 4.79 Å². The highest BCUT2D eigenvalue weighted by Crippen LogP contribution is 2.32. The Morgan fingerprint density at radius 1 is 1.35 bits per heavy atom. The normalized spacial score (nSPS) is 30.5. The molecule has 3 unspecified atom stereocenters. The van der Waals surface area contributed by atoms with Crippen molar-refractivity contribution in [1.29, 1.82) is 0 Å². The molecule has 1 N–H and O–H groups in total. The standard InChI is InChI=1S/C11H17F3N2O/c1-7(11(12,13)14)4-10(17)16-8-2-3-9(16)6-15-5-8/h7-9,15H,2-6H2,1H3. The number of amides is 1. The minimum absolute atomic E-state index is 0.0988. The van der Waals surface area contributed by atoms with Crippen LogP contribution in [-0.4, -0.2) is 42.2 Å². The number of carbonyl (C=O) groups excluding carboxylic acids is 1. The van der Waals surface area contributed by atoms with E-state index < -0.39 is 18.5 Å². The monoisotopic (exact) mass is 250 g/mol. The van der Waals surface area contributed by atoms with Gasteiger partial charge in [0.05, 0.1) is 5.92 Å². The molecule has 0 radical (unpaired) electrons. The van der Waals surface area contributed by atoms with E-state index in [1.807, 2.05) is 0 Å². The summed E-state index contributed by atoms with van der Waals surface area (Å²) in [5.41, 5.74) is 0. The number of nitrogens with zero attached hydrogens (tertiary/aromatic N) is 1. The number of alkyl halides is 3. The number of carbonyl (C=O) groups is 1. The fraction of sp³-hybridized carbons (Fsp3) is 0.909. The molecule has 17 heavy (non-hydrogen) atoms. The summed E-state index contributed by atoms with van der Waals surface area (Å²) in [6.45, 7) is 2.49. The third kappa shape index (κ3) is 2.56. The molecule has 3 atom stereocenters. The molecule has 6 heteroatoms. The Bertz CT molecular complexity index is 290. The molecular formula is C11H17F3N2O. The van der Waals surface area contributed by atoms with Gasteiger partial charge >= 0.3 is 6.18 Å². The van der Waals surface area contributed by atoms with Crippen molar-refractivity contribution >= 4 is 5.91 Å². The van der Waals surface area contributed by atoms with E-state index in [0.717, 1.165) is 19.8 Å². The Morgan fingerprint density at radius 3 is 2.35 bits per heavy atom. The molecule has 2 rings (SSSR count). The lowest BCUT2D eigenvalue weighted by molar-refractivity contribution is -0.177. The van der Waals surface area contributed by atoms with Crippen LogP contribution in [0.25, 0.3) is 0 Å². The Morgan fingerprint density at radius 2 is 1.88 bits per heavy atom. The lowest BCUT2D eigenvalue weighted by atomic mass is 10.1. The van der Waals surface area contributed by atoms with E-state index >= 15 is 0 Å². The van der Waals surface area contributed by atoms with Crippen LogP contribution >= 0.6 is 0 Å². The second-order valence-electron chi connectivity index (χ2n) is 4.99. The maximum absolute atomic E-state index is 12.4.